The highest BCUT2D eigenvalue weighted by Crippen LogP contribution is 2.30. The Balaban J connectivity index is 2.01. The van der Waals surface area contributed by atoms with Crippen molar-refractivity contribution in [1.29, 1.82) is 0 Å². The van der Waals surface area contributed by atoms with Gasteiger partial charge in [-0.05, 0) is 37.0 Å². The normalized spacial score (nSPS) is 23.6. The maximum Gasteiger partial charge on any atom is 0.308 e. The summed E-state index contributed by atoms with van der Waals surface area (Å²) in [4.78, 5) is 10.9. The molecule has 2 unspecified atom stereocenters. The third-order valence-electron chi connectivity index (χ3n) is 3.28. The predicted octanol–water partition coefficient (Wildman–Crippen LogP) is 2.52. The molecule has 1 saturated carbocycles. The molecule has 1 aliphatic carbocycles. The first-order chi connectivity index (χ1) is 7.70. The van der Waals surface area contributed by atoms with Gasteiger partial charge in [0, 0.05) is 11.7 Å². The second-order valence-electron chi connectivity index (χ2n) is 4.33. The van der Waals surface area contributed by atoms with Gasteiger partial charge in [0.2, 0.25) is 0 Å². The van der Waals surface area contributed by atoms with Crippen molar-refractivity contribution in [3.8, 4) is 0 Å². The number of aryl methyl sites for hydroxylation is 1. The minimum atomic E-state index is -0.685. The number of carbonyl (C=O) groups is 1. The molecule has 3 heteroatoms. The van der Waals surface area contributed by atoms with Crippen molar-refractivity contribution >= 4 is 11.7 Å². The lowest BCUT2D eigenvalue weighted by Gasteiger charge is -2.34. The Morgan fingerprint density at radius 3 is 2.88 bits per heavy atom. The Morgan fingerprint density at radius 1 is 1.50 bits per heavy atom. The standard InChI is InChI=1S/C13H17NO2/c1-2-9-4-3-5-10(8-9)14-12-7-6-11(12)13(15)16/h3-5,8,11-12,14H,2,6-7H2,1H3,(H,15,16). The van der Waals surface area contributed by atoms with Gasteiger partial charge in [0.25, 0.3) is 0 Å². The molecular formula is C13H17NO2. The summed E-state index contributed by atoms with van der Waals surface area (Å²) in [5, 5.41) is 12.2. The minimum Gasteiger partial charge on any atom is -0.481 e. The van der Waals surface area contributed by atoms with Crippen LogP contribution >= 0.6 is 0 Å². The van der Waals surface area contributed by atoms with Crippen molar-refractivity contribution in [2.24, 2.45) is 5.92 Å². The van der Waals surface area contributed by atoms with E-state index in [1.165, 1.54) is 5.56 Å². The van der Waals surface area contributed by atoms with Crippen molar-refractivity contribution in [2.75, 3.05) is 5.32 Å². The monoisotopic (exact) mass is 219 g/mol. The van der Waals surface area contributed by atoms with Crippen molar-refractivity contribution in [1.82, 2.24) is 0 Å². The molecule has 0 heterocycles. The van der Waals surface area contributed by atoms with Gasteiger partial charge in [-0.15, -0.1) is 0 Å². The van der Waals surface area contributed by atoms with Gasteiger partial charge in [0.05, 0.1) is 5.92 Å². The summed E-state index contributed by atoms with van der Waals surface area (Å²) in [5.41, 5.74) is 2.31. The summed E-state index contributed by atoms with van der Waals surface area (Å²) in [6.07, 6.45) is 2.75. The van der Waals surface area contributed by atoms with Gasteiger partial charge in [-0.1, -0.05) is 19.1 Å². The second-order valence-corrected chi connectivity index (χ2v) is 4.33. The number of anilines is 1. The molecule has 1 fully saturated rings. The first-order valence-corrected chi connectivity index (χ1v) is 5.79. The van der Waals surface area contributed by atoms with E-state index >= 15 is 0 Å². The Kier molecular flexibility index (Phi) is 3.13. The lowest BCUT2D eigenvalue weighted by molar-refractivity contribution is -0.144. The molecule has 2 N–H and O–H groups in total. The van der Waals surface area contributed by atoms with E-state index in [-0.39, 0.29) is 12.0 Å². The van der Waals surface area contributed by atoms with Crippen molar-refractivity contribution in [3.63, 3.8) is 0 Å². The van der Waals surface area contributed by atoms with Crippen LogP contribution in [0.4, 0.5) is 5.69 Å². The molecule has 0 spiro atoms. The molecule has 0 saturated heterocycles. The molecule has 3 nitrogen and oxygen atoms in total. The van der Waals surface area contributed by atoms with Gasteiger partial charge in [0.15, 0.2) is 0 Å². The highest BCUT2D eigenvalue weighted by atomic mass is 16.4. The fourth-order valence-electron chi connectivity index (χ4n) is 2.06. The third kappa shape index (κ3) is 2.18. The SMILES string of the molecule is CCc1cccc(NC2CCC2C(=O)O)c1. The molecule has 0 aliphatic heterocycles. The number of benzene rings is 1. The van der Waals surface area contributed by atoms with Crippen LogP contribution in [0.2, 0.25) is 0 Å². The number of hydrogen-bond acceptors (Lipinski definition) is 2. The fourth-order valence-corrected chi connectivity index (χ4v) is 2.06. The maximum atomic E-state index is 10.9. The largest absolute Gasteiger partial charge is 0.481 e. The van der Waals surface area contributed by atoms with Gasteiger partial charge in [-0.25, -0.2) is 0 Å². The zero-order chi connectivity index (χ0) is 11.5. The van der Waals surface area contributed by atoms with Crippen LogP contribution in [0.1, 0.15) is 25.3 Å². The van der Waals surface area contributed by atoms with Gasteiger partial charge >= 0.3 is 5.97 Å². The molecule has 0 amide bonds. The Morgan fingerprint density at radius 2 is 2.31 bits per heavy atom. The van der Waals surface area contributed by atoms with Crippen molar-refractivity contribution in [3.05, 3.63) is 29.8 Å². The number of aliphatic carboxylic acids is 1. The van der Waals surface area contributed by atoms with Crippen LogP contribution in [-0.2, 0) is 11.2 Å². The van der Waals surface area contributed by atoms with E-state index in [0.29, 0.717) is 0 Å². The van der Waals surface area contributed by atoms with E-state index < -0.39 is 5.97 Å². The molecule has 1 aromatic carbocycles. The number of carboxylic acids is 1. The summed E-state index contributed by atoms with van der Waals surface area (Å²) in [6, 6.07) is 8.29. The molecule has 2 rings (SSSR count). The molecular weight excluding hydrogens is 202 g/mol. The van der Waals surface area contributed by atoms with E-state index in [0.717, 1.165) is 24.9 Å². The van der Waals surface area contributed by atoms with Crippen LogP contribution in [0.5, 0.6) is 0 Å². The average molecular weight is 219 g/mol. The molecule has 1 aliphatic rings. The summed E-state index contributed by atoms with van der Waals surface area (Å²) < 4.78 is 0. The number of nitrogens with one attached hydrogen (secondary N) is 1. The molecule has 1 aromatic rings. The van der Waals surface area contributed by atoms with Gasteiger partial charge in [-0.2, -0.15) is 0 Å². The molecule has 16 heavy (non-hydrogen) atoms. The van der Waals surface area contributed by atoms with Crippen molar-refractivity contribution < 1.29 is 9.90 Å². The smallest absolute Gasteiger partial charge is 0.308 e. The number of carboxylic acid groups (broad SMARTS) is 1. The van der Waals surface area contributed by atoms with Gasteiger partial charge in [-0.3, -0.25) is 4.79 Å². The van der Waals surface area contributed by atoms with E-state index in [9.17, 15) is 4.79 Å². The molecule has 0 radical (unpaired) electrons. The van der Waals surface area contributed by atoms with Crippen LogP contribution in [0, 0.1) is 5.92 Å². The molecule has 86 valence electrons. The summed E-state index contributed by atoms with van der Waals surface area (Å²) in [6.45, 7) is 2.11. The second kappa shape index (κ2) is 4.56. The van der Waals surface area contributed by atoms with E-state index in [2.05, 4.69) is 24.4 Å². The average Bonchev–Trinajstić information content (AvgIpc) is 2.24. The minimum absolute atomic E-state index is 0.101. The van der Waals surface area contributed by atoms with E-state index in [4.69, 9.17) is 5.11 Å². The highest BCUT2D eigenvalue weighted by molar-refractivity contribution is 5.73. The third-order valence-corrected chi connectivity index (χ3v) is 3.28. The fraction of sp³-hybridized carbons (Fsp3) is 0.462. The summed E-state index contributed by atoms with van der Waals surface area (Å²) in [7, 11) is 0. The molecule has 0 aromatic heterocycles. The molecule has 0 bridgehead atoms. The Labute approximate surface area is 95.5 Å². The van der Waals surface area contributed by atoms with Crippen LogP contribution in [-0.4, -0.2) is 17.1 Å². The lowest BCUT2D eigenvalue weighted by atomic mass is 9.79. The Bertz CT molecular complexity index is 389. The van der Waals surface area contributed by atoms with Gasteiger partial charge < -0.3 is 10.4 Å². The zero-order valence-electron chi connectivity index (χ0n) is 9.44. The Hall–Kier alpha value is -1.51. The first kappa shape index (κ1) is 11.0. The molecule has 2 atom stereocenters. The van der Waals surface area contributed by atoms with Crippen LogP contribution < -0.4 is 5.32 Å². The summed E-state index contributed by atoms with van der Waals surface area (Å²) >= 11 is 0. The van der Waals surface area contributed by atoms with Gasteiger partial charge in [0.1, 0.15) is 0 Å². The van der Waals surface area contributed by atoms with Crippen LogP contribution in [0.25, 0.3) is 0 Å². The first-order valence-electron chi connectivity index (χ1n) is 5.79. The highest BCUT2D eigenvalue weighted by Gasteiger charge is 2.36. The quantitative estimate of drug-likeness (QED) is 0.818. The topological polar surface area (TPSA) is 49.3 Å². The number of rotatable bonds is 4. The number of hydrogen-bond donors (Lipinski definition) is 2. The van der Waals surface area contributed by atoms with E-state index in [1.807, 2.05) is 12.1 Å². The summed E-state index contributed by atoms with van der Waals surface area (Å²) in [5.74, 6) is -0.902. The maximum absolute atomic E-state index is 10.9. The van der Waals surface area contributed by atoms with Crippen LogP contribution in [0.3, 0.4) is 0 Å². The van der Waals surface area contributed by atoms with Crippen molar-refractivity contribution in [2.45, 2.75) is 32.2 Å². The van der Waals surface area contributed by atoms with Crippen LogP contribution in [0.15, 0.2) is 24.3 Å². The van der Waals surface area contributed by atoms with E-state index in [1.54, 1.807) is 0 Å². The predicted molar refractivity (Wildman–Crippen MR) is 63.6 cm³/mol. The lowest BCUT2D eigenvalue weighted by Crippen LogP contribution is -2.42. The zero-order valence-corrected chi connectivity index (χ0v) is 9.44.